The first-order chi connectivity index (χ1) is 8.59. The SMILES string of the molecule is C[C@@H]1[C@H]2C[C@@H](C[C@H]1OC1C=CC=CC=C1)C2(C)C. The molecule has 4 aliphatic rings. The summed E-state index contributed by atoms with van der Waals surface area (Å²) in [5.74, 6) is 2.43. The van der Waals surface area contributed by atoms with E-state index in [1.54, 1.807) is 0 Å². The Morgan fingerprint density at radius 2 is 1.67 bits per heavy atom. The number of ether oxygens (including phenoxy) is 1. The van der Waals surface area contributed by atoms with Crippen LogP contribution in [0, 0.1) is 23.2 Å². The lowest BCUT2D eigenvalue weighted by Gasteiger charge is -2.62. The van der Waals surface area contributed by atoms with Crippen LogP contribution in [-0.2, 0) is 4.74 Å². The van der Waals surface area contributed by atoms with E-state index in [9.17, 15) is 0 Å². The van der Waals surface area contributed by atoms with E-state index in [-0.39, 0.29) is 6.10 Å². The molecule has 0 aliphatic heterocycles. The fourth-order valence-corrected chi connectivity index (χ4v) is 4.11. The Bertz CT molecular complexity index is 386. The molecule has 98 valence electrons. The van der Waals surface area contributed by atoms with Gasteiger partial charge in [-0.2, -0.15) is 0 Å². The van der Waals surface area contributed by atoms with Crippen LogP contribution in [0.4, 0.5) is 0 Å². The molecule has 0 radical (unpaired) electrons. The van der Waals surface area contributed by atoms with Crippen LogP contribution in [0.25, 0.3) is 0 Å². The van der Waals surface area contributed by atoms with Gasteiger partial charge >= 0.3 is 0 Å². The first-order valence-corrected chi connectivity index (χ1v) is 7.26. The largest absolute Gasteiger partial charge is 0.367 e. The molecule has 0 aromatic rings. The first kappa shape index (κ1) is 12.2. The molecule has 3 saturated carbocycles. The molecule has 2 bridgehead atoms. The lowest BCUT2D eigenvalue weighted by atomic mass is 9.45. The highest BCUT2D eigenvalue weighted by Gasteiger charge is 2.56. The second kappa shape index (κ2) is 4.38. The number of hydrogen-bond acceptors (Lipinski definition) is 1. The fraction of sp³-hybridized carbons (Fsp3) is 0.647. The monoisotopic (exact) mass is 244 g/mol. The molecular weight excluding hydrogens is 220 g/mol. The maximum Gasteiger partial charge on any atom is 0.0947 e. The third kappa shape index (κ3) is 1.89. The summed E-state index contributed by atoms with van der Waals surface area (Å²) in [6, 6.07) is 0. The number of rotatable bonds is 2. The Hall–Kier alpha value is -0.820. The van der Waals surface area contributed by atoms with Gasteiger partial charge in [-0.05, 0) is 36.0 Å². The van der Waals surface area contributed by atoms with Crippen LogP contribution < -0.4 is 0 Å². The Morgan fingerprint density at radius 1 is 1.00 bits per heavy atom. The van der Waals surface area contributed by atoms with Gasteiger partial charge in [0.2, 0.25) is 0 Å². The van der Waals surface area contributed by atoms with Gasteiger partial charge in [-0.25, -0.2) is 0 Å². The van der Waals surface area contributed by atoms with Crippen molar-refractivity contribution >= 4 is 0 Å². The highest BCUT2D eigenvalue weighted by Crippen LogP contribution is 2.61. The molecule has 0 aromatic carbocycles. The van der Waals surface area contributed by atoms with Gasteiger partial charge in [-0.3, -0.25) is 0 Å². The van der Waals surface area contributed by atoms with Crippen molar-refractivity contribution in [2.24, 2.45) is 23.2 Å². The molecule has 4 atom stereocenters. The van der Waals surface area contributed by atoms with E-state index >= 15 is 0 Å². The molecule has 18 heavy (non-hydrogen) atoms. The van der Waals surface area contributed by atoms with Crippen LogP contribution in [0.2, 0.25) is 0 Å². The zero-order valence-electron chi connectivity index (χ0n) is 11.7. The van der Waals surface area contributed by atoms with Gasteiger partial charge in [0, 0.05) is 0 Å². The van der Waals surface area contributed by atoms with Crippen molar-refractivity contribution < 1.29 is 4.74 Å². The zero-order chi connectivity index (χ0) is 12.8. The van der Waals surface area contributed by atoms with Gasteiger partial charge in [0.1, 0.15) is 0 Å². The molecule has 0 heterocycles. The van der Waals surface area contributed by atoms with Crippen LogP contribution >= 0.6 is 0 Å². The van der Waals surface area contributed by atoms with Crippen LogP contribution in [0.3, 0.4) is 0 Å². The van der Waals surface area contributed by atoms with E-state index in [4.69, 9.17) is 4.74 Å². The molecule has 3 fully saturated rings. The third-order valence-corrected chi connectivity index (χ3v) is 5.55. The van der Waals surface area contributed by atoms with E-state index in [1.807, 2.05) is 0 Å². The summed E-state index contributed by atoms with van der Waals surface area (Å²) in [7, 11) is 0. The lowest BCUT2D eigenvalue weighted by Crippen LogP contribution is -2.57. The van der Waals surface area contributed by atoms with E-state index in [0.29, 0.717) is 17.4 Å². The summed E-state index contributed by atoms with van der Waals surface area (Å²) in [6.07, 6.45) is 15.9. The molecule has 4 rings (SSSR count). The molecule has 0 unspecified atom stereocenters. The standard InChI is InChI=1S/C17H24O/c1-12-15-10-13(17(15,2)3)11-16(12)18-14-8-6-4-5-7-9-14/h4-9,12-16H,10-11H2,1-3H3/t12-,13+,15-,16-/m1/s1. The van der Waals surface area contributed by atoms with Crippen molar-refractivity contribution in [1.82, 2.24) is 0 Å². The summed E-state index contributed by atoms with van der Waals surface area (Å²) in [5, 5.41) is 0. The van der Waals surface area contributed by atoms with Gasteiger partial charge in [0.25, 0.3) is 0 Å². The zero-order valence-corrected chi connectivity index (χ0v) is 11.7. The molecule has 0 saturated heterocycles. The molecule has 4 aliphatic carbocycles. The number of fused-ring (bicyclic) bond motifs is 2. The topological polar surface area (TPSA) is 9.23 Å². The minimum absolute atomic E-state index is 0.160. The first-order valence-electron chi connectivity index (χ1n) is 7.26. The Kier molecular flexibility index (Phi) is 2.97. The van der Waals surface area contributed by atoms with Crippen molar-refractivity contribution in [3.8, 4) is 0 Å². The average molecular weight is 244 g/mol. The predicted molar refractivity (Wildman–Crippen MR) is 75.2 cm³/mol. The third-order valence-electron chi connectivity index (χ3n) is 5.55. The Morgan fingerprint density at radius 3 is 2.22 bits per heavy atom. The highest BCUT2D eigenvalue weighted by atomic mass is 16.5. The maximum atomic E-state index is 6.31. The van der Waals surface area contributed by atoms with Gasteiger partial charge in [0.15, 0.2) is 0 Å². The van der Waals surface area contributed by atoms with Crippen LogP contribution in [-0.4, -0.2) is 12.2 Å². The maximum absolute atomic E-state index is 6.31. The van der Waals surface area contributed by atoms with Gasteiger partial charge < -0.3 is 4.74 Å². The van der Waals surface area contributed by atoms with E-state index in [2.05, 4.69) is 57.2 Å². The number of allylic oxidation sites excluding steroid dienone is 4. The van der Waals surface area contributed by atoms with Crippen molar-refractivity contribution in [2.45, 2.75) is 45.8 Å². The minimum Gasteiger partial charge on any atom is -0.367 e. The van der Waals surface area contributed by atoms with Gasteiger partial charge in [-0.1, -0.05) is 57.2 Å². The fourth-order valence-electron chi connectivity index (χ4n) is 4.11. The van der Waals surface area contributed by atoms with Crippen LogP contribution in [0.15, 0.2) is 36.5 Å². The Balaban J connectivity index is 1.65. The smallest absolute Gasteiger partial charge is 0.0947 e. The van der Waals surface area contributed by atoms with Crippen molar-refractivity contribution in [3.63, 3.8) is 0 Å². The molecule has 0 N–H and O–H groups in total. The van der Waals surface area contributed by atoms with Crippen molar-refractivity contribution in [1.29, 1.82) is 0 Å². The average Bonchev–Trinajstić information content (AvgIpc) is 2.59. The van der Waals surface area contributed by atoms with Crippen molar-refractivity contribution in [3.05, 3.63) is 36.5 Å². The predicted octanol–water partition coefficient (Wildman–Crippen LogP) is 4.12. The summed E-state index contributed by atoms with van der Waals surface area (Å²) in [5.41, 5.74) is 0.552. The second-order valence-electron chi connectivity index (χ2n) is 6.75. The molecule has 0 aromatic heterocycles. The van der Waals surface area contributed by atoms with Gasteiger partial charge in [-0.15, -0.1) is 0 Å². The second-order valence-corrected chi connectivity index (χ2v) is 6.75. The van der Waals surface area contributed by atoms with Gasteiger partial charge in [0.05, 0.1) is 12.2 Å². The van der Waals surface area contributed by atoms with E-state index < -0.39 is 0 Å². The van der Waals surface area contributed by atoms with Crippen molar-refractivity contribution in [2.75, 3.05) is 0 Å². The summed E-state index contributed by atoms with van der Waals surface area (Å²) in [4.78, 5) is 0. The Labute approximate surface area is 111 Å². The van der Waals surface area contributed by atoms with E-state index in [0.717, 1.165) is 11.8 Å². The van der Waals surface area contributed by atoms with E-state index in [1.165, 1.54) is 12.8 Å². The molecular formula is C17H24O. The summed E-state index contributed by atoms with van der Waals surface area (Å²) >= 11 is 0. The normalized spacial score (nSPS) is 41.5. The quantitative estimate of drug-likeness (QED) is 0.710. The highest BCUT2D eigenvalue weighted by molar-refractivity contribution is 5.20. The van der Waals surface area contributed by atoms with Crippen LogP contribution in [0.1, 0.15) is 33.6 Å². The molecule has 0 amide bonds. The minimum atomic E-state index is 0.160. The lowest BCUT2D eigenvalue weighted by molar-refractivity contribution is -0.175. The van der Waals surface area contributed by atoms with Crippen LogP contribution in [0.5, 0.6) is 0 Å². The molecule has 1 heteroatoms. The number of hydrogen-bond donors (Lipinski definition) is 0. The molecule has 1 nitrogen and oxygen atoms in total. The summed E-state index contributed by atoms with van der Waals surface area (Å²) < 4.78 is 6.31. The summed E-state index contributed by atoms with van der Waals surface area (Å²) in [6.45, 7) is 7.26. The molecule has 0 spiro atoms.